The molecule has 1 aliphatic heterocycles. The summed E-state index contributed by atoms with van der Waals surface area (Å²) in [5, 5.41) is 3.10. The molecule has 150 valence electrons. The maximum Gasteiger partial charge on any atom is 0.243 e. The van der Waals surface area contributed by atoms with E-state index in [2.05, 4.69) is 34.6 Å². The molecule has 0 bridgehead atoms. The molecule has 1 aromatic carbocycles. The Bertz CT molecular complexity index is 829. The minimum Gasteiger partial charge on any atom is -0.348 e. The van der Waals surface area contributed by atoms with Crippen LogP contribution in [0.2, 0.25) is 0 Å². The first kappa shape index (κ1) is 20.5. The van der Waals surface area contributed by atoms with Crippen LogP contribution in [0.25, 0.3) is 10.4 Å². The lowest BCUT2D eigenvalue weighted by Crippen LogP contribution is -2.46. The van der Waals surface area contributed by atoms with Crippen molar-refractivity contribution in [2.45, 2.75) is 59.0 Å². The number of hydrogen-bond acceptors (Lipinski definition) is 4. The van der Waals surface area contributed by atoms with E-state index in [9.17, 15) is 9.59 Å². The van der Waals surface area contributed by atoms with Gasteiger partial charge in [-0.2, -0.15) is 0 Å². The quantitative estimate of drug-likeness (QED) is 0.786. The molecule has 0 aliphatic carbocycles. The van der Waals surface area contributed by atoms with E-state index in [4.69, 9.17) is 0 Å². The lowest BCUT2D eigenvalue weighted by atomic mass is 10.0. The van der Waals surface area contributed by atoms with E-state index in [-0.39, 0.29) is 23.9 Å². The van der Waals surface area contributed by atoms with Crippen molar-refractivity contribution >= 4 is 23.2 Å². The number of aryl methyl sites for hydroxylation is 1. The predicted octanol–water partition coefficient (Wildman–Crippen LogP) is 4.33. The van der Waals surface area contributed by atoms with Crippen LogP contribution in [0.4, 0.5) is 0 Å². The fourth-order valence-corrected chi connectivity index (χ4v) is 4.51. The SMILES string of the molecule is Cc1ncsc1-c1ccc([C@H](C)NC(=O)[C@@H]2CCCN2C(=O)CC(C)C)cc1. The number of nitrogens with one attached hydrogen (secondary N) is 1. The van der Waals surface area contributed by atoms with Crippen molar-refractivity contribution in [2.75, 3.05) is 6.54 Å². The number of carbonyl (C=O) groups is 2. The topological polar surface area (TPSA) is 62.3 Å². The molecule has 0 saturated carbocycles. The average molecular weight is 400 g/mol. The number of nitrogens with zero attached hydrogens (tertiary/aromatic N) is 2. The zero-order chi connectivity index (χ0) is 20.3. The Hall–Kier alpha value is -2.21. The monoisotopic (exact) mass is 399 g/mol. The van der Waals surface area contributed by atoms with Crippen LogP contribution in [0.15, 0.2) is 29.8 Å². The third-order valence-corrected chi connectivity index (χ3v) is 6.21. The summed E-state index contributed by atoms with van der Waals surface area (Å²) in [5.41, 5.74) is 5.09. The van der Waals surface area contributed by atoms with Gasteiger partial charge in [0, 0.05) is 13.0 Å². The highest BCUT2D eigenvalue weighted by molar-refractivity contribution is 7.13. The normalized spacial score (nSPS) is 17.8. The minimum absolute atomic E-state index is 0.0514. The first-order valence-electron chi connectivity index (χ1n) is 9.97. The Labute approximate surface area is 171 Å². The summed E-state index contributed by atoms with van der Waals surface area (Å²) in [6.45, 7) is 8.74. The van der Waals surface area contributed by atoms with E-state index < -0.39 is 0 Å². The van der Waals surface area contributed by atoms with Gasteiger partial charge in [0.25, 0.3) is 0 Å². The van der Waals surface area contributed by atoms with Gasteiger partial charge in [0.15, 0.2) is 0 Å². The van der Waals surface area contributed by atoms with Crippen molar-refractivity contribution in [3.8, 4) is 10.4 Å². The zero-order valence-electron chi connectivity index (χ0n) is 17.1. The number of benzene rings is 1. The Balaban J connectivity index is 1.63. The van der Waals surface area contributed by atoms with Gasteiger partial charge < -0.3 is 10.2 Å². The Kier molecular flexibility index (Phi) is 6.50. The lowest BCUT2D eigenvalue weighted by Gasteiger charge is -2.26. The highest BCUT2D eigenvalue weighted by Gasteiger charge is 2.34. The van der Waals surface area contributed by atoms with Crippen molar-refractivity contribution in [2.24, 2.45) is 5.92 Å². The van der Waals surface area contributed by atoms with Crippen molar-refractivity contribution < 1.29 is 9.59 Å². The molecule has 28 heavy (non-hydrogen) atoms. The van der Waals surface area contributed by atoms with Crippen molar-refractivity contribution in [1.29, 1.82) is 0 Å². The van der Waals surface area contributed by atoms with Crippen molar-refractivity contribution in [3.63, 3.8) is 0 Å². The van der Waals surface area contributed by atoms with Crippen LogP contribution in [0.1, 0.15) is 57.3 Å². The first-order chi connectivity index (χ1) is 13.4. The Morgan fingerprint density at radius 3 is 2.57 bits per heavy atom. The molecule has 2 atom stereocenters. The number of hydrogen-bond donors (Lipinski definition) is 1. The van der Waals surface area contributed by atoms with E-state index in [1.165, 1.54) is 4.88 Å². The van der Waals surface area contributed by atoms with Gasteiger partial charge in [-0.05, 0) is 43.7 Å². The number of amides is 2. The van der Waals surface area contributed by atoms with Crippen LogP contribution in [0.3, 0.4) is 0 Å². The summed E-state index contributed by atoms with van der Waals surface area (Å²) in [4.78, 5) is 32.5. The average Bonchev–Trinajstić information content (AvgIpc) is 3.30. The first-order valence-corrected chi connectivity index (χ1v) is 10.8. The molecule has 0 unspecified atom stereocenters. The molecule has 1 aromatic heterocycles. The molecular weight excluding hydrogens is 370 g/mol. The van der Waals surface area contributed by atoms with Gasteiger partial charge in [-0.1, -0.05) is 38.1 Å². The molecule has 6 heteroatoms. The molecule has 2 amide bonds. The minimum atomic E-state index is -0.340. The molecule has 1 aliphatic rings. The molecule has 1 N–H and O–H groups in total. The number of aromatic nitrogens is 1. The van der Waals surface area contributed by atoms with Gasteiger partial charge in [0.2, 0.25) is 11.8 Å². The Morgan fingerprint density at radius 2 is 1.96 bits per heavy atom. The van der Waals surface area contributed by atoms with Gasteiger partial charge in [-0.3, -0.25) is 9.59 Å². The van der Waals surface area contributed by atoms with Crippen molar-refractivity contribution in [3.05, 3.63) is 41.0 Å². The molecule has 0 spiro atoms. The second-order valence-corrected chi connectivity index (χ2v) is 8.82. The molecule has 1 fully saturated rings. The van der Waals surface area contributed by atoms with Gasteiger partial charge in [-0.25, -0.2) is 4.98 Å². The van der Waals surface area contributed by atoms with Crippen LogP contribution in [0.5, 0.6) is 0 Å². The molecule has 0 radical (unpaired) electrons. The summed E-state index contributed by atoms with van der Waals surface area (Å²) in [5.74, 6) is 0.338. The largest absolute Gasteiger partial charge is 0.348 e. The second-order valence-electron chi connectivity index (χ2n) is 7.96. The van der Waals surface area contributed by atoms with E-state index in [1.54, 1.807) is 16.2 Å². The highest BCUT2D eigenvalue weighted by Crippen LogP contribution is 2.28. The second kappa shape index (κ2) is 8.86. The number of thiazole rings is 1. The molecule has 5 nitrogen and oxygen atoms in total. The van der Waals surface area contributed by atoms with Gasteiger partial charge >= 0.3 is 0 Å². The van der Waals surface area contributed by atoms with Gasteiger partial charge in [-0.15, -0.1) is 11.3 Å². The van der Waals surface area contributed by atoms with E-state index in [1.807, 2.05) is 33.2 Å². The molecule has 1 saturated heterocycles. The molecule has 2 aromatic rings. The fraction of sp³-hybridized carbons (Fsp3) is 0.500. The fourth-order valence-electron chi connectivity index (χ4n) is 3.70. The molecule has 3 rings (SSSR count). The van der Waals surface area contributed by atoms with Crippen LogP contribution >= 0.6 is 11.3 Å². The number of carbonyl (C=O) groups excluding carboxylic acids is 2. The third-order valence-electron chi connectivity index (χ3n) is 5.24. The summed E-state index contributed by atoms with van der Waals surface area (Å²) in [6.07, 6.45) is 2.13. The van der Waals surface area contributed by atoms with E-state index in [0.717, 1.165) is 29.7 Å². The van der Waals surface area contributed by atoms with E-state index in [0.29, 0.717) is 18.9 Å². The van der Waals surface area contributed by atoms with Crippen LogP contribution in [-0.4, -0.2) is 34.3 Å². The van der Waals surface area contributed by atoms with Crippen molar-refractivity contribution in [1.82, 2.24) is 15.2 Å². The zero-order valence-corrected chi connectivity index (χ0v) is 17.9. The number of likely N-dealkylation sites (tertiary alicyclic amines) is 1. The maximum atomic E-state index is 12.8. The van der Waals surface area contributed by atoms with Crippen LogP contribution in [-0.2, 0) is 9.59 Å². The van der Waals surface area contributed by atoms with E-state index >= 15 is 0 Å². The van der Waals surface area contributed by atoms with Crippen LogP contribution < -0.4 is 5.32 Å². The lowest BCUT2D eigenvalue weighted by molar-refractivity contribution is -0.139. The summed E-state index contributed by atoms with van der Waals surface area (Å²) >= 11 is 1.63. The summed E-state index contributed by atoms with van der Waals surface area (Å²) < 4.78 is 0. The smallest absolute Gasteiger partial charge is 0.243 e. The van der Waals surface area contributed by atoms with Gasteiger partial charge in [0.05, 0.1) is 22.1 Å². The highest BCUT2D eigenvalue weighted by atomic mass is 32.1. The molecular formula is C22H29N3O2S. The summed E-state index contributed by atoms with van der Waals surface area (Å²) in [7, 11) is 0. The molecule has 2 heterocycles. The predicted molar refractivity (Wildman–Crippen MR) is 113 cm³/mol. The summed E-state index contributed by atoms with van der Waals surface area (Å²) in [6, 6.07) is 7.81. The Morgan fingerprint density at radius 1 is 1.25 bits per heavy atom. The van der Waals surface area contributed by atoms with Crippen LogP contribution in [0, 0.1) is 12.8 Å². The van der Waals surface area contributed by atoms with Gasteiger partial charge in [0.1, 0.15) is 6.04 Å². The number of rotatable bonds is 6. The standard InChI is InChI=1S/C22H29N3O2S/c1-14(2)12-20(26)25-11-5-6-19(25)22(27)24-15(3)17-7-9-18(10-8-17)21-16(4)23-13-28-21/h7-10,13-15,19H,5-6,11-12H2,1-4H3,(H,24,27)/t15-,19-/m0/s1. The maximum absolute atomic E-state index is 12.8. The third kappa shape index (κ3) is 4.61.